The van der Waals surface area contributed by atoms with E-state index in [1.807, 2.05) is 11.8 Å². The fraction of sp³-hybridized carbons (Fsp3) is 0.368. The van der Waals surface area contributed by atoms with E-state index in [1.165, 1.54) is 26.7 Å². The lowest BCUT2D eigenvalue weighted by molar-refractivity contribution is 0.319. The summed E-state index contributed by atoms with van der Waals surface area (Å²) in [6.07, 6.45) is 1.09. The highest BCUT2D eigenvalue weighted by Crippen LogP contribution is 2.48. The van der Waals surface area contributed by atoms with Gasteiger partial charge in [-0.3, -0.25) is 0 Å². The normalized spacial score (nSPS) is 14.7. The number of benzene rings is 2. The molecular weight excluding hydrogens is 288 g/mol. The van der Waals surface area contributed by atoms with Crippen LogP contribution in [-0.4, -0.2) is 31.6 Å². The predicted molar refractivity (Wildman–Crippen MR) is 96.5 cm³/mol. The van der Waals surface area contributed by atoms with Gasteiger partial charge in [0, 0.05) is 22.4 Å². The summed E-state index contributed by atoms with van der Waals surface area (Å²) in [5, 5.41) is 0. The Morgan fingerprint density at radius 2 is 1.77 bits per heavy atom. The van der Waals surface area contributed by atoms with Crippen LogP contribution in [0.2, 0.25) is 0 Å². The van der Waals surface area contributed by atoms with E-state index in [2.05, 4.69) is 80.2 Å². The summed E-state index contributed by atoms with van der Waals surface area (Å²) in [5.74, 6) is 0. The van der Waals surface area contributed by atoms with Crippen molar-refractivity contribution in [2.75, 3.05) is 25.5 Å². The van der Waals surface area contributed by atoms with Gasteiger partial charge in [-0.2, -0.15) is 0 Å². The summed E-state index contributed by atoms with van der Waals surface area (Å²) >= 11 is 1.90. The molecule has 0 saturated carbocycles. The number of para-hydroxylation sites is 1. The summed E-state index contributed by atoms with van der Waals surface area (Å²) in [7, 11) is 4.30. The van der Waals surface area contributed by atoms with E-state index in [0.29, 0.717) is 6.04 Å². The van der Waals surface area contributed by atoms with Crippen molar-refractivity contribution in [3.63, 3.8) is 0 Å². The topological polar surface area (TPSA) is 6.48 Å². The van der Waals surface area contributed by atoms with Crippen LogP contribution in [0.15, 0.2) is 52.3 Å². The van der Waals surface area contributed by atoms with Gasteiger partial charge >= 0.3 is 0 Å². The molecule has 2 aromatic carbocycles. The maximum absolute atomic E-state index is 2.48. The summed E-state index contributed by atoms with van der Waals surface area (Å²) in [6.45, 7) is 5.50. The molecule has 116 valence electrons. The lowest BCUT2D eigenvalue weighted by Crippen LogP contribution is -2.37. The fourth-order valence-corrected chi connectivity index (χ4v) is 3.88. The van der Waals surface area contributed by atoms with E-state index in [0.717, 1.165) is 13.0 Å². The van der Waals surface area contributed by atoms with E-state index in [1.54, 1.807) is 0 Å². The summed E-state index contributed by atoms with van der Waals surface area (Å²) in [4.78, 5) is 7.49. The average molecular weight is 312 g/mol. The molecule has 0 N–H and O–H groups in total. The Morgan fingerprint density at radius 3 is 2.50 bits per heavy atom. The number of anilines is 2. The molecule has 2 aromatic rings. The number of fused-ring (bicyclic) bond motifs is 2. The second-order valence-electron chi connectivity index (χ2n) is 6.15. The highest BCUT2D eigenvalue weighted by Gasteiger charge is 2.24. The minimum absolute atomic E-state index is 0.495. The van der Waals surface area contributed by atoms with Gasteiger partial charge in [0.05, 0.1) is 11.4 Å². The third kappa shape index (κ3) is 2.88. The lowest BCUT2D eigenvalue weighted by atomic mass is 10.1. The standard InChI is InChI=1S/C19H24N2S/c1-5-15-10-11-17-19(12-15)22-18-9-7-6-8-16(18)21(17)13-14(2)20(3)4/h6-12,14H,5,13H2,1-4H3. The molecule has 1 aliphatic heterocycles. The smallest absolute Gasteiger partial charge is 0.0553 e. The van der Waals surface area contributed by atoms with Gasteiger partial charge in [0.2, 0.25) is 0 Å². The van der Waals surface area contributed by atoms with Crippen LogP contribution in [0, 0.1) is 0 Å². The molecule has 0 radical (unpaired) electrons. The Morgan fingerprint density at radius 1 is 1.05 bits per heavy atom. The lowest BCUT2D eigenvalue weighted by Gasteiger charge is -2.36. The van der Waals surface area contributed by atoms with Crippen LogP contribution in [0.25, 0.3) is 0 Å². The number of nitrogens with zero attached hydrogens (tertiary/aromatic N) is 2. The number of likely N-dealkylation sites (N-methyl/N-ethyl adjacent to an activating group) is 1. The van der Waals surface area contributed by atoms with Crippen molar-refractivity contribution >= 4 is 23.1 Å². The monoisotopic (exact) mass is 312 g/mol. The van der Waals surface area contributed by atoms with Crippen LogP contribution >= 0.6 is 11.8 Å². The van der Waals surface area contributed by atoms with Crippen LogP contribution < -0.4 is 4.90 Å². The third-order valence-electron chi connectivity index (χ3n) is 4.43. The first-order valence-electron chi connectivity index (χ1n) is 7.94. The maximum atomic E-state index is 2.48. The predicted octanol–water partition coefficient (Wildman–Crippen LogP) is 4.80. The number of hydrogen-bond acceptors (Lipinski definition) is 3. The van der Waals surface area contributed by atoms with Crippen molar-refractivity contribution < 1.29 is 0 Å². The molecule has 0 saturated heterocycles. The molecular formula is C19H24N2S. The van der Waals surface area contributed by atoms with E-state index in [4.69, 9.17) is 0 Å². The molecule has 0 amide bonds. The Hall–Kier alpha value is -1.45. The number of hydrogen-bond donors (Lipinski definition) is 0. The summed E-state index contributed by atoms with van der Waals surface area (Å²) in [6, 6.07) is 16.1. The largest absolute Gasteiger partial charge is 0.338 e. The molecule has 0 fully saturated rings. The molecule has 1 heterocycles. The van der Waals surface area contributed by atoms with Gasteiger partial charge in [-0.05, 0) is 57.3 Å². The van der Waals surface area contributed by atoms with Gasteiger partial charge in [-0.25, -0.2) is 0 Å². The summed E-state index contributed by atoms with van der Waals surface area (Å²) in [5.41, 5.74) is 4.08. The van der Waals surface area contributed by atoms with Crippen molar-refractivity contribution in [2.45, 2.75) is 36.1 Å². The molecule has 0 aromatic heterocycles. The van der Waals surface area contributed by atoms with Crippen LogP contribution in [0.3, 0.4) is 0 Å². The van der Waals surface area contributed by atoms with Gasteiger partial charge in [-0.1, -0.05) is 36.9 Å². The van der Waals surface area contributed by atoms with E-state index >= 15 is 0 Å². The van der Waals surface area contributed by atoms with Crippen LogP contribution in [0.1, 0.15) is 19.4 Å². The molecule has 2 nitrogen and oxygen atoms in total. The molecule has 0 spiro atoms. The maximum Gasteiger partial charge on any atom is 0.0553 e. The van der Waals surface area contributed by atoms with E-state index in [-0.39, 0.29) is 0 Å². The van der Waals surface area contributed by atoms with E-state index in [9.17, 15) is 0 Å². The Balaban J connectivity index is 2.04. The van der Waals surface area contributed by atoms with Crippen molar-refractivity contribution in [1.29, 1.82) is 0 Å². The van der Waals surface area contributed by atoms with Crippen molar-refractivity contribution in [1.82, 2.24) is 4.90 Å². The Kier molecular flexibility index (Phi) is 4.46. The second-order valence-corrected chi connectivity index (χ2v) is 7.23. The average Bonchev–Trinajstić information content (AvgIpc) is 2.53. The van der Waals surface area contributed by atoms with Crippen molar-refractivity contribution in [3.8, 4) is 0 Å². The molecule has 1 unspecified atom stereocenters. The third-order valence-corrected chi connectivity index (χ3v) is 5.54. The minimum Gasteiger partial charge on any atom is -0.338 e. The van der Waals surface area contributed by atoms with Crippen LogP contribution in [-0.2, 0) is 6.42 Å². The fourth-order valence-electron chi connectivity index (χ4n) is 2.72. The van der Waals surface area contributed by atoms with Gasteiger partial charge in [0.25, 0.3) is 0 Å². The zero-order valence-electron chi connectivity index (χ0n) is 13.8. The zero-order chi connectivity index (χ0) is 15.7. The Labute approximate surface area is 138 Å². The number of rotatable bonds is 4. The van der Waals surface area contributed by atoms with Gasteiger partial charge < -0.3 is 9.80 Å². The minimum atomic E-state index is 0.495. The molecule has 1 atom stereocenters. The van der Waals surface area contributed by atoms with E-state index < -0.39 is 0 Å². The summed E-state index contributed by atoms with van der Waals surface area (Å²) < 4.78 is 0. The van der Waals surface area contributed by atoms with Crippen molar-refractivity contribution in [2.24, 2.45) is 0 Å². The SMILES string of the molecule is CCc1ccc2c(c1)Sc1ccccc1N2CC(C)N(C)C. The first kappa shape index (κ1) is 15.4. The van der Waals surface area contributed by atoms with Gasteiger partial charge in [0.15, 0.2) is 0 Å². The molecule has 22 heavy (non-hydrogen) atoms. The number of aryl methyl sites for hydroxylation is 1. The van der Waals surface area contributed by atoms with Gasteiger partial charge in [0.1, 0.15) is 0 Å². The molecule has 0 aliphatic carbocycles. The molecule has 3 rings (SSSR count). The van der Waals surface area contributed by atoms with Crippen molar-refractivity contribution in [3.05, 3.63) is 48.0 Å². The highest BCUT2D eigenvalue weighted by molar-refractivity contribution is 7.99. The Bertz CT molecular complexity index is 666. The molecule has 0 bridgehead atoms. The van der Waals surface area contributed by atoms with Gasteiger partial charge in [-0.15, -0.1) is 0 Å². The molecule has 3 heteroatoms. The quantitative estimate of drug-likeness (QED) is 0.800. The van der Waals surface area contributed by atoms with Crippen LogP contribution in [0.4, 0.5) is 11.4 Å². The first-order valence-corrected chi connectivity index (χ1v) is 8.75. The zero-order valence-corrected chi connectivity index (χ0v) is 14.7. The molecule has 1 aliphatic rings. The first-order chi connectivity index (χ1) is 10.6. The van der Waals surface area contributed by atoms with Crippen LogP contribution in [0.5, 0.6) is 0 Å². The highest BCUT2D eigenvalue weighted by atomic mass is 32.2. The second kappa shape index (κ2) is 6.35.